The molecule has 0 saturated carbocycles. The standard InChI is InChI=1S/C13H22N2O3Si/c1-11-14-9-12(5-6-13(16)17)15(11)10-18-7-8-19(2,3)4/h5-6,9H,7-8,10H2,1-4H3,(H,16,17)/p-1/b6-5+. The number of aryl methyl sites for hydroxylation is 1. The highest BCUT2D eigenvalue weighted by molar-refractivity contribution is 6.76. The van der Waals surface area contributed by atoms with Crippen molar-refractivity contribution in [1.82, 2.24) is 9.55 Å². The zero-order valence-corrected chi connectivity index (χ0v) is 13.0. The van der Waals surface area contributed by atoms with Crippen LogP contribution in [-0.2, 0) is 16.3 Å². The van der Waals surface area contributed by atoms with Gasteiger partial charge in [-0.3, -0.25) is 0 Å². The molecule has 6 heteroatoms. The van der Waals surface area contributed by atoms with E-state index in [0.717, 1.165) is 24.6 Å². The van der Waals surface area contributed by atoms with E-state index in [9.17, 15) is 9.90 Å². The highest BCUT2D eigenvalue weighted by Crippen LogP contribution is 2.10. The van der Waals surface area contributed by atoms with Crippen molar-refractivity contribution in [1.29, 1.82) is 0 Å². The summed E-state index contributed by atoms with van der Waals surface area (Å²) in [6.45, 7) is 9.87. The van der Waals surface area contributed by atoms with Gasteiger partial charge in [-0.25, -0.2) is 4.98 Å². The second kappa shape index (κ2) is 6.67. The predicted molar refractivity (Wildman–Crippen MR) is 75.1 cm³/mol. The molecule has 1 aromatic heterocycles. The van der Waals surface area contributed by atoms with Crippen molar-refractivity contribution in [2.24, 2.45) is 0 Å². The third kappa shape index (κ3) is 5.85. The highest BCUT2D eigenvalue weighted by Gasteiger charge is 2.12. The third-order valence-electron chi connectivity index (χ3n) is 2.69. The SMILES string of the molecule is Cc1ncc(/C=C/C(=O)[O-])n1COCC[Si](C)(C)C. The van der Waals surface area contributed by atoms with E-state index in [0.29, 0.717) is 12.4 Å². The Morgan fingerprint density at radius 3 is 2.79 bits per heavy atom. The van der Waals surface area contributed by atoms with Gasteiger partial charge in [-0.1, -0.05) is 19.6 Å². The van der Waals surface area contributed by atoms with Gasteiger partial charge in [-0.15, -0.1) is 0 Å². The van der Waals surface area contributed by atoms with Crippen LogP contribution in [0.2, 0.25) is 25.7 Å². The number of carboxylic acids is 1. The normalized spacial score (nSPS) is 12.2. The largest absolute Gasteiger partial charge is 0.545 e. The molecule has 0 radical (unpaired) electrons. The number of ether oxygens (including phenoxy) is 1. The molecule has 5 nitrogen and oxygen atoms in total. The molecule has 0 fully saturated rings. The number of aliphatic carboxylic acids is 1. The molecule has 0 unspecified atom stereocenters. The van der Waals surface area contributed by atoms with Gasteiger partial charge in [0.25, 0.3) is 0 Å². The van der Waals surface area contributed by atoms with Crippen LogP contribution < -0.4 is 5.11 Å². The van der Waals surface area contributed by atoms with Crippen molar-refractivity contribution < 1.29 is 14.6 Å². The lowest BCUT2D eigenvalue weighted by atomic mass is 10.4. The number of hydrogen-bond donors (Lipinski definition) is 0. The van der Waals surface area contributed by atoms with E-state index in [1.54, 1.807) is 6.20 Å². The van der Waals surface area contributed by atoms with Crippen molar-refractivity contribution in [3.05, 3.63) is 23.8 Å². The molecule has 0 atom stereocenters. The Hall–Kier alpha value is -1.40. The van der Waals surface area contributed by atoms with E-state index in [2.05, 4.69) is 24.6 Å². The summed E-state index contributed by atoms with van der Waals surface area (Å²) in [4.78, 5) is 14.6. The summed E-state index contributed by atoms with van der Waals surface area (Å²) in [5.41, 5.74) is 0.703. The Labute approximate surface area is 114 Å². The lowest BCUT2D eigenvalue weighted by Gasteiger charge is -2.16. The lowest BCUT2D eigenvalue weighted by Crippen LogP contribution is -2.22. The molecule has 1 heterocycles. The van der Waals surface area contributed by atoms with Crippen molar-refractivity contribution in [2.75, 3.05) is 6.61 Å². The van der Waals surface area contributed by atoms with Gasteiger partial charge in [0.2, 0.25) is 0 Å². The fourth-order valence-electron chi connectivity index (χ4n) is 1.47. The second-order valence-electron chi connectivity index (χ2n) is 5.66. The van der Waals surface area contributed by atoms with Gasteiger partial charge in [0.05, 0.1) is 17.9 Å². The first-order chi connectivity index (χ1) is 8.79. The zero-order valence-electron chi connectivity index (χ0n) is 12.0. The van der Waals surface area contributed by atoms with Crippen LogP contribution in [-0.4, -0.2) is 30.2 Å². The molecule has 0 bridgehead atoms. The molecule has 0 amide bonds. The van der Waals surface area contributed by atoms with Crippen LogP contribution in [0.1, 0.15) is 11.5 Å². The molecule has 0 N–H and O–H groups in total. The fourth-order valence-corrected chi connectivity index (χ4v) is 2.23. The summed E-state index contributed by atoms with van der Waals surface area (Å²) in [6, 6.07) is 1.10. The number of nitrogens with zero attached hydrogens (tertiary/aromatic N) is 2. The van der Waals surface area contributed by atoms with Crippen molar-refractivity contribution in [3.8, 4) is 0 Å². The molecule has 0 aliphatic carbocycles. The molecule has 1 rings (SSSR count). The number of rotatable bonds is 7. The van der Waals surface area contributed by atoms with Gasteiger partial charge < -0.3 is 19.2 Å². The van der Waals surface area contributed by atoms with Gasteiger partial charge in [-0.2, -0.15) is 0 Å². The van der Waals surface area contributed by atoms with Gasteiger partial charge in [0, 0.05) is 14.7 Å². The van der Waals surface area contributed by atoms with Crippen LogP contribution in [0.15, 0.2) is 12.3 Å². The van der Waals surface area contributed by atoms with Crippen LogP contribution >= 0.6 is 0 Å². The topological polar surface area (TPSA) is 67.2 Å². The van der Waals surface area contributed by atoms with E-state index in [1.807, 2.05) is 11.5 Å². The van der Waals surface area contributed by atoms with Crippen molar-refractivity contribution in [2.45, 2.75) is 39.3 Å². The Balaban J connectivity index is 2.58. The van der Waals surface area contributed by atoms with Crippen molar-refractivity contribution >= 4 is 20.1 Å². The van der Waals surface area contributed by atoms with E-state index >= 15 is 0 Å². The number of hydrogen-bond acceptors (Lipinski definition) is 4. The Morgan fingerprint density at radius 2 is 2.21 bits per heavy atom. The average molecular weight is 281 g/mol. The number of carboxylic acid groups (broad SMARTS) is 1. The molecular weight excluding hydrogens is 260 g/mol. The van der Waals surface area contributed by atoms with Crippen LogP contribution in [0.3, 0.4) is 0 Å². The summed E-state index contributed by atoms with van der Waals surface area (Å²) in [6.07, 6.45) is 4.09. The zero-order chi connectivity index (χ0) is 14.5. The smallest absolute Gasteiger partial charge is 0.124 e. The first-order valence-corrected chi connectivity index (χ1v) is 9.99. The lowest BCUT2D eigenvalue weighted by molar-refractivity contribution is -0.297. The molecule has 0 aromatic carbocycles. The van der Waals surface area contributed by atoms with Gasteiger partial charge in [0.1, 0.15) is 12.6 Å². The highest BCUT2D eigenvalue weighted by atomic mass is 28.3. The molecule has 1 aromatic rings. The fraction of sp³-hybridized carbons (Fsp3) is 0.538. The minimum atomic E-state index is -1.22. The summed E-state index contributed by atoms with van der Waals surface area (Å²) < 4.78 is 7.48. The molecule has 106 valence electrons. The Morgan fingerprint density at radius 1 is 1.53 bits per heavy atom. The predicted octanol–water partition coefficient (Wildman–Crippen LogP) is 1.27. The first kappa shape index (κ1) is 15.7. The Kier molecular flexibility index (Phi) is 5.50. The number of carbonyl (C=O) groups excluding carboxylic acids is 1. The molecule has 0 saturated heterocycles. The van der Waals surface area contributed by atoms with E-state index < -0.39 is 14.0 Å². The molecule has 19 heavy (non-hydrogen) atoms. The van der Waals surface area contributed by atoms with Crippen LogP contribution in [0.5, 0.6) is 0 Å². The molecule has 0 aliphatic heterocycles. The number of carbonyl (C=O) groups is 1. The maximum absolute atomic E-state index is 10.4. The summed E-state index contributed by atoms with van der Waals surface area (Å²) in [5, 5.41) is 10.4. The van der Waals surface area contributed by atoms with Crippen molar-refractivity contribution in [3.63, 3.8) is 0 Å². The van der Waals surface area contributed by atoms with E-state index in [4.69, 9.17) is 4.74 Å². The summed E-state index contributed by atoms with van der Waals surface area (Å²) in [7, 11) is -1.09. The van der Waals surface area contributed by atoms with E-state index in [-0.39, 0.29) is 0 Å². The van der Waals surface area contributed by atoms with Gasteiger partial charge in [0.15, 0.2) is 0 Å². The maximum Gasteiger partial charge on any atom is 0.124 e. The molecule has 0 aliphatic rings. The van der Waals surface area contributed by atoms with Gasteiger partial charge in [-0.05, 0) is 25.1 Å². The van der Waals surface area contributed by atoms with Crippen LogP contribution in [0.4, 0.5) is 0 Å². The molecule has 0 spiro atoms. The first-order valence-electron chi connectivity index (χ1n) is 6.28. The summed E-state index contributed by atoms with van der Waals surface area (Å²) in [5.74, 6) is -0.420. The Bertz CT molecular complexity index is 461. The summed E-state index contributed by atoms with van der Waals surface area (Å²) >= 11 is 0. The number of imidazole rings is 1. The maximum atomic E-state index is 10.4. The van der Waals surface area contributed by atoms with Crippen LogP contribution in [0, 0.1) is 6.92 Å². The van der Waals surface area contributed by atoms with E-state index in [1.165, 1.54) is 6.08 Å². The monoisotopic (exact) mass is 281 g/mol. The quantitative estimate of drug-likeness (QED) is 0.429. The minimum Gasteiger partial charge on any atom is -0.545 e. The third-order valence-corrected chi connectivity index (χ3v) is 4.40. The van der Waals surface area contributed by atoms with Gasteiger partial charge >= 0.3 is 0 Å². The second-order valence-corrected chi connectivity index (χ2v) is 11.3. The average Bonchev–Trinajstić information content (AvgIpc) is 2.62. The minimum absolute atomic E-state index is 0.392. The number of aromatic nitrogens is 2. The van der Waals surface area contributed by atoms with Crippen LogP contribution in [0.25, 0.3) is 6.08 Å². The molecular formula is C13H21N2O3Si-.